The molecule has 0 N–H and O–H groups in total. The second-order valence-corrected chi connectivity index (χ2v) is 9.66. The molecule has 1 aliphatic heterocycles. The average molecular weight is 518 g/mol. The van der Waals surface area contributed by atoms with Crippen molar-refractivity contribution in [2.45, 2.75) is 13.8 Å². The van der Waals surface area contributed by atoms with Crippen LogP contribution in [-0.4, -0.2) is 42.0 Å². The second-order valence-electron chi connectivity index (χ2n) is 8.75. The number of benzene rings is 3. The zero-order chi connectivity index (χ0) is 23.8. The van der Waals surface area contributed by atoms with Gasteiger partial charge in [-0.2, -0.15) is 0 Å². The SMILES string of the molecule is Cc1ccc(-c2cc(C(=O)N3CCN(c4ccccc4F)CC3)c3cc(Br)ccc3n2)cc1C. The lowest BCUT2D eigenvalue weighted by Crippen LogP contribution is -2.49. The van der Waals surface area contributed by atoms with Gasteiger partial charge in [0.1, 0.15) is 5.82 Å². The first-order valence-electron chi connectivity index (χ1n) is 11.4. The number of fused-ring (bicyclic) bond motifs is 1. The number of aryl methyl sites for hydroxylation is 2. The molecule has 1 aliphatic rings. The highest BCUT2D eigenvalue weighted by Gasteiger charge is 2.25. The summed E-state index contributed by atoms with van der Waals surface area (Å²) in [6, 6.07) is 20.8. The van der Waals surface area contributed by atoms with Gasteiger partial charge >= 0.3 is 0 Å². The number of anilines is 1. The van der Waals surface area contributed by atoms with Crippen LogP contribution in [0.3, 0.4) is 0 Å². The van der Waals surface area contributed by atoms with E-state index in [4.69, 9.17) is 4.98 Å². The summed E-state index contributed by atoms with van der Waals surface area (Å²) >= 11 is 3.54. The van der Waals surface area contributed by atoms with Crippen molar-refractivity contribution in [2.75, 3.05) is 31.1 Å². The number of rotatable bonds is 3. The van der Waals surface area contributed by atoms with E-state index in [1.165, 1.54) is 17.2 Å². The summed E-state index contributed by atoms with van der Waals surface area (Å²) in [6.45, 7) is 6.40. The van der Waals surface area contributed by atoms with Crippen LogP contribution in [0.4, 0.5) is 10.1 Å². The molecule has 4 nitrogen and oxygen atoms in total. The summed E-state index contributed by atoms with van der Waals surface area (Å²) in [5, 5.41) is 0.823. The maximum Gasteiger partial charge on any atom is 0.254 e. The fourth-order valence-corrected chi connectivity index (χ4v) is 4.81. The Labute approximate surface area is 207 Å². The van der Waals surface area contributed by atoms with Crippen molar-refractivity contribution in [1.29, 1.82) is 0 Å². The second kappa shape index (κ2) is 9.18. The number of para-hydroxylation sites is 1. The van der Waals surface area contributed by atoms with Gasteiger partial charge in [0.25, 0.3) is 5.91 Å². The quantitative estimate of drug-likeness (QED) is 0.316. The standard InChI is InChI=1S/C28H25BrFN3O/c1-18-7-8-20(15-19(18)2)26-17-23(22-16-21(29)9-10-25(22)31-26)28(34)33-13-11-32(12-14-33)27-6-4-3-5-24(27)30/h3-10,15-17H,11-14H2,1-2H3. The van der Waals surface area contributed by atoms with Crippen LogP contribution >= 0.6 is 15.9 Å². The predicted octanol–water partition coefficient (Wildman–Crippen LogP) is 6.38. The van der Waals surface area contributed by atoms with E-state index in [2.05, 4.69) is 48.0 Å². The number of pyridine rings is 1. The molecule has 0 radical (unpaired) electrons. The molecule has 0 saturated carbocycles. The molecule has 6 heteroatoms. The molecule has 1 fully saturated rings. The van der Waals surface area contributed by atoms with Crippen molar-refractivity contribution in [2.24, 2.45) is 0 Å². The smallest absolute Gasteiger partial charge is 0.254 e. The van der Waals surface area contributed by atoms with Gasteiger partial charge in [-0.15, -0.1) is 0 Å². The van der Waals surface area contributed by atoms with Gasteiger partial charge in [0.2, 0.25) is 0 Å². The van der Waals surface area contributed by atoms with Gasteiger partial charge in [-0.1, -0.05) is 40.2 Å². The topological polar surface area (TPSA) is 36.4 Å². The fraction of sp³-hybridized carbons (Fsp3) is 0.214. The van der Waals surface area contributed by atoms with Gasteiger partial charge in [-0.3, -0.25) is 4.79 Å². The number of piperazine rings is 1. The van der Waals surface area contributed by atoms with Gasteiger partial charge in [0, 0.05) is 41.6 Å². The molecule has 34 heavy (non-hydrogen) atoms. The Kier molecular flexibility index (Phi) is 6.09. The van der Waals surface area contributed by atoms with Crippen molar-refractivity contribution in [3.8, 4) is 11.3 Å². The first-order chi connectivity index (χ1) is 16.4. The highest BCUT2D eigenvalue weighted by molar-refractivity contribution is 9.10. The molecular weight excluding hydrogens is 493 g/mol. The summed E-state index contributed by atoms with van der Waals surface area (Å²) in [6.07, 6.45) is 0. The molecule has 1 amide bonds. The molecule has 0 spiro atoms. The molecule has 1 aromatic heterocycles. The minimum Gasteiger partial charge on any atom is -0.366 e. The largest absolute Gasteiger partial charge is 0.366 e. The zero-order valence-corrected chi connectivity index (χ0v) is 20.8. The van der Waals surface area contributed by atoms with Crippen LogP contribution in [0, 0.1) is 19.7 Å². The summed E-state index contributed by atoms with van der Waals surface area (Å²) in [5.41, 5.74) is 6.19. The summed E-state index contributed by atoms with van der Waals surface area (Å²) in [7, 11) is 0. The van der Waals surface area contributed by atoms with E-state index in [1.54, 1.807) is 12.1 Å². The van der Waals surface area contributed by atoms with Gasteiger partial charge in [0.05, 0.1) is 22.5 Å². The Morgan fingerprint density at radius 1 is 0.912 bits per heavy atom. The average Bonchev–Trinajstić information content (AvgIpc) is 2.85. The first kappa shape index (κ1) is 22.5. The normalized spacial score (nSPS) is 14.0. The zero-order valence-electron chi connectivity index (χ0n) is 19.2. The Bertz CT molecular complexity index is 1400. The van der Waals surface area contributed by atoms with Crippen molar-refractivity contribution >= 4 is 38.4 Å². The molecular formula is C28H25BrFN3O. The van der Waals surface area contributed by atoms with E-state index in [0.29, 0.717) is 37.4 Å². The van der Waals surface area contributed by atoms with Crippen LogP contribution in [0.2, 0.25) is 0 Å². The van der Waals surface area contributed by atoms with Crippen LogP contribution in [0.25, 0.3) is 22.2 Å². The molecule has 3 aromatic carbocycles. The predicted molar refractivity (Wildman–Crippen MR) is 139 cm³/mol. The van der Waals surface area contributed by atoms with Crippen molar-refractivity contribution in [3.63, 3.8) is 0 Å². The molecule has 0 bridgehead atoms. The molecule has 2 heterocycles. The van der Waals surface area contributed by atoms with E-state index >= 15 is 0 Å². The lowest BCUT2D eigenvalue weighted by atomic mass is 10.00. The van der Waals surface area contributed by atoms with Crippen LogP contribution in [0.1, 0.15) is 21.5 Å². The van der Waals surface area contributed by atoms with Crippen LogP contribution < -0.4 is 4.90 Å². The third kappa shape index (κ3) is 4.30. The molecule has 1 saturated heterocycles. The fourth-order valence-electron chi connectivity index (χ4n) is 4.45. The van der Waals surface area contributed by atoms with Crippen LogP contribution in [-0.2, 0) is 0 Å². The Morgan fingerprint density at radius 2 is 1.68 bits per heavy atom. The van der Waals surface area contributed by atoms with Gasteiger partial charge in [-0.25, -0.2) is 9.37 Å². The molecule has 5 rings (SSSR count). The first-order valence-corrected chi connectivity index (χ1v) is 12.2. The molecule has 0 unspecified atom stereocenters. The van der Waals surface area contributed by atoms with E-state index in [1.807, 2.05) is 40.1 Å². The van der Waals surface area contributed by atoms with Gasteiger partial charge in [-0.05, 0) is 67.4 Å². The van der Waals surface area contributed by atoms with E-state index in [9.17, 15) is 9.18 Å². The number of hydrogen-bond acceptors (Lipinski definition) is 3. The maximum absolute atomic E-state index is 14.2. The molecule has 0 aliphatic carbocycles. The number of amides is 1. The summed E-state index contributed by atoms with van der Waals surface area (Å²) in [4.78, 5) is 22.5. The van der Waals surface area contributed by atoms with E-state index < -0.39 is 0 Å². The summed E-state index contributed by atoms with van der Waals surface area (Å²) in [5.74, 6) is -0.256. The van der Waals surface area contributed by atoms with Gasteiger partial charge < -0.3 is 9.80 Å². The monoisotopic (exact) mass is 517 g/mol. The molecule has 0 atom stereocenters. The third-order valence-electron chi connectivity index (χ3n) is 6.56. The summed E-state index contributed by atoms with van der Waals surface area (Å²) < 4.78 is 15.1. The molecule has 172 valence electrons. The number of halogens is 2. The highest BCUT2D eigenvalue weighted by atomic mass is 79.9. The van der Waals surface area contributed by atoms with Crippen LogP contribution in [0.5, 0.6) is 0 Å². The van der Waals surface area contributed by atoms with E-state index in [-0.39, 0.29) is 11.7 Å². The molecule has 4 aromatic rings. The van der Waals surface area contributed by atoms with Crippen molar-refractivity contribution in [3.05, 3.63) is 93.7 Å². The van der Waals surface area contributed by atoms with Crippen molar-refractivity contribution < 1.29 is 9.18 Å². The Balaban J connectivity index is 1.48. The van der Waals surface area contributed by atoms with Crippen molar-refractivity contribution in [1.82, 2.24) is 9.88 Å². The minimum absolute atomic E-state index is 0.0243. The lowest BCUT2D eigenvalue weighted by molar-refractivity contribution is 0.0748. The maximum atomic E-state index is 14.2. The number of hydrogen-bond donors (Lipinski definition) is 0. The highest BCUT2D eigenvalue weighted by Crippen LogP contribution is 2.30. The lowest BCUT2D eigenvalue weighted by Gasteiger charge is -2.36. The van der Waals surface area contributed by atoms with Crippen LogP contribution in [0.15, 0.2) is 71.2 Å². The number of nitrogens with zero attached hydrogens (tertiary/aromatic N) is 3. The number of carbonyl (C=O) groups is 1. The Morgan fingerprint density at radius 3 is 2.41 bits per heavy atom. The Hall–Kier alpha value is -3.25. The van der Waals surface area contributed by atoms with E-state index in [0.717, 1.165) is 26.6 Å². The third-order valence-corrected chi connectivity index (χ3v) is 7.06. The number of carbonyl (C=O) groups excluding carboxylic acids is 1. The number of aromatic nitrogens is 1. The minimum atomic E-state index is -0.231. The van der Waals surface area contributed by atoms with Gasteiger partial charge in [0.15, 0.2) is 0 Å².